The first-order valence-corrected chi connectivity index (χ1v) is 10.1. The number of hydrogen-bond donors (Lipinski definition) is 0. The molecule has 0 saturated carbocycles. The zero-order valence-electron chi connectivity index (χ0n) is 18.1. The molecular formula is C24H27F3N2O2. The maximum absolute atomic E-state index is 13.4. The Morgan fingerprint density at radius 3 is 2.26 bits per heavy atom. The lowest BCUT2D eigenvalue weighted by molar-refractivity contribution is -0.142. The van der Waals surface area contributed by atoms with E-state index in [0.29, 0.717) is 13.0 Å². The molecule has 0 saturated heterocycles. The standard InChI is InChI=1S/C24H27F3N2O2/c1-16(2)12-22(23(30)29(17(3)4)15-18-8-6-5-7-9-18)31-20-11-10-19(14-28)21(13-20)24(25,26)27/h5-11,13,16-17,22H,12,15H2,1-4H3. The summed E-state index contributed by atoms with van der Waals surface area (Å²) >= 11 is 0. The predicted molar refractivity (Wildman–Crippen MR) is 112 cm³/mol. The molecule has 0 aromatic heterocycles. The van der Waals surface area contributed by atoms with Crippen LogP contribution >= 0.6 is 0 Å². The van der Waals surface area contributed by atoms with Gasteiger partial charge in [-0.1, -0.05) is 44.2 Å². The molecule has 0 heterocycles. The van der Waals surface area contributed by atoms with Crippen LogP contribution in [0.25, 0.3) is 0 Å². The highest BCUT2D eigenvalue weighted by molar-refractivity contribution is 5.81. The Kier molecular flexibility index (Phi) is 8.09. The minimum absolute atomic E-state index is 0.0835. The highest BCUT2D eigenvalue weighted by atomic mass is 19.4. The second-order valence-electron chi connectivity index (χ2n) is 8.10. The van der Waals surface area contributed by atoms with Gasteiger partial charge < -0.3 is 9.64 Å². The van der Waals surface area contributed by atoms with Crippen LogP contribution in [0, 0.1) is 17.2 Å². The van der Waals surface area contributed by atoms with Crippen molar-refractivity contribution in [2.45, 2.75) is 59.0 Å². The fourth-order valence-corrected chi connectivity index (χ4v) is 3.20. The normalized spacial score (nSPS) is 12.5. The number of carbonyl (C=O) groups excluding carboxylic acids is 1. The number of halogens is 3. The third-order valence-corrected chi connectivity index (χ3v) is 4.76. The number of hydrogen-bond acceptors (Lipinski definition) is 3. The van der Waals surface area contributed by atoms with Gasteiger partial charge in [-0.3, -0.25) is 4.79 Å². The van der Waals surface area contributed by atoms with Crippen LogP contribution in [-0.4, -0.2) is 23.0 Å². The van der Waals surface area contributed by atoms with Gasteiger partial charge in [0.2, 0.25) is 0 Å². The smallest absolute Gasteiger partial charge is 0.417 e. The van der Waals surface area contributed by atoms with Gasteiger partial charge in [0.1, 0.15) is 5.75 Å². The molecule has 1 unspecified atom stereocenters. The minimum atomic E-state index is -4.70. The van der Waals surface area contributed by atoms with Crippen LogP contribution < -0.4 is 4.74 Å². The molecule has 1 atom stereocenters. The van der Waals surface area contributed by atoms with E-state index in [1.165, 1.54) is 6.07 Å². The molecule has 0 bridgehead atoms. The minimum Gasteiger partial charge on any atom is -0.481 e. The average molecular weight is 432 g/mol. The van der Waals surface area contributed by atoms with E-state index in [2.05, 4.69) is 0 Å². The molecule has 1 amide bonds. The summed E-state index contributed by atoms with van der Waals surface area (Å²) in [5.41, 5.74) is -0.613. The van der Waals surface area contributed by atoms with Crippen molar-refractivity contribution in [3.05, 3.63) is 65.2 Å². The van der Waals surface area contributed by atoms with Gasteiger partial charge in [-0.05, 0) is 49.9 Å². The van der Waals surface area contributed by atoms with Crippen LogP contribution in [0.4, 0.5) is 13.2 Å². The Balaban J connectivity index is 2.34. The van der Waals surface area contributed by atoms with Gasteiger partial charge >= 0.3 is 6.18 Å². The summed E-state index contributed by atoms with van der Waals surface area (Å²) in [6, 6.07) is 14.1. The van der Waals surface area contributed by atoms with E-state index in [9.17, 15) is 18.0 Å². The maximum Gasteiger partial charge on any atom is 0.417 e. The van der Waals surface area contributed by atoms with E-state index in [1.807, 2.05) is 58.0 Å². The van der Waals surface area contributed by atoms with Crippen molar-refractivity contribution in [2.24, 2.45) is 5.92 Å². The van der Waals surface area contributed by atoms with Gasteiger partial charge in [-0.25, -0.2) is 0 Å². The highest BCUT2D eigenvalue weighted by Gasteiger charge is 2.35. The SMILES string of the molecule is CC(C)CC(Oc1ccc(C#N)c(C(F)(F)F)c1)C(=O)N(Cc1ccccc1)C(C)C. The Morgan fingerprint density at radius 1 is 1.10 bits per heavy atom. The Bertz CT molecular complexity index is 919. The molecule has 2 aromatic carbocycles. The van der Waals surface area contributed by atoms with Gasteiger partial charge in [0, 0.05) is 12.6 Å². The number of rotatable bonds is 8. The molecule has 2 aromatic rings. The van der Waals surface area contributed by atoms with E-state index in [4.69, 9.17) is 10.00 Å². The fourth-order valence-electron chi connectivity index (χ4n) is 3.20. The van der Waals surface area contributed by atoms with Crippen molar-refractivity contribution >= 4 is 5.91 Å². The zero-order valence-corrected chi connectivity index (χ0v) is 18.1. The van der Waals surface area contributed by atoms with E-state index in [0.717, 1.165) is 17.7 Å². The van der Waals surface area contributed by atoms with Gasteiger partial charge in [-0.2, -0.15) is 18.4 Å². The van der Waals surface area contributed by atoms with Crippen LogP contribution in [0.2, 0.25) is 0 Å². The first kappa shape index (κ1) is 24.3. The molecule has 0 fully saturated rings. The van der Waals surface area contributed by atoms with E-state index >= 15 is 0 Å². The van der Waals surface area contributed by atoms with Gasteiger partial charge in [-0.15, -0.1) is 0 Å². The highest BCUT2D eigenvalue weighted by Crippen LogP contribution is 2.34. The largest absolute Gasteiger partial charge is 0.481 e. The topological polar surface area (TPSA) is 53.3 Å². The number of amides is 1. The van der Waals surface area contributed by atoms with Crippen LogP contribution in [0.1, 0.15) is 50.8 Å². The van der Waals surface area contributed by atoms with Gasteiger partial charge in [0.05, 0.1) is 17.2 Å². The van der Waals surface area contributed by atoms with Crippen molar-refractivity contribution in [3.63, 3.8) is 0 Å². The second-order valence-corrected chi connectivity index (χ2v) is 8.10. The molecule has 7 heteroatoms. The number of nitriles is 1. The molecule has 0 aliphatic carbocycles. The monoisotopic (exact) mass is 432 g/mol. The second kappa shape index (κ2) is 10.3. The summed E-state index contributed by atoms with van der Waals surface area (Å²) < 4.78 is 45.7. The Labute approximate surface area is 181 Å². The first-order valence-electron chi connectivity index (χ1n) is 10.1. The Morgan fingerprint density at radius 2 is 1.74 bits per heavy atom. The van der Waals surface area contributed by atoms with Gasteiger partial charge in [0.25, 0.3) is 5.91 Å². The molecule has 0 N–H and O–H groups in total. The summed E-state index contributed by atoms with van der Waals surface area (Å²) in [6.07, 6.45) is -5.29. The fraction of sp³-hybridized carbons (Fsp3) is 0.417. The molecule has 2 rings (SSSR count). The molecule has 4 nitrogen and oxygen atoms in total. The Hall–Kier alpha value is -3.01. The molecule has 0 aliphatic rings. The van der Waals surface area contributed by atoms with Crippen LogP contribution in [0.15, 0.2) is 48.5 Å². The lowest BCUT2D eigenvalue weighted by Gasteiger charge is -2.31. The summed E-state index contributed by atoms with van der Waals surface area (Å²) in [5, 5.41) is 8.98. The van der Waals surface area contributed by atoms with Gasteiger partial charge in [0.15, 0.2) is 6.10 Å². The zero-order chi connectivity index (χ0) is 23.2. The van der Waals surface area contributed by atoms with Crippen molar-refractivity contribution < 1.29 is 22.7 Å². The number of ether oxygens (including phenoxy) is 1. The molecule has 166 valence electrons. The maximum atomic E-state index is 13.4. The molecule has 0 spiro atoms. The third-order valence-electron chi connectivity index (χ3n) is 4.76. The average Bonchev–Trinajstić information content (AvgIpc) is 2.70. The summed E-state index contributed by atoms with van der Waals surface area (Å²) in [4.78, 5) is 15.0. The molecule has 31 heavy (non-hydrogen) atoms. The van der Waals surface area contributed by atoms with Crippen molar-refractivity contribution in [2.75, 3.05) is 0 Å². The number of carbonyl (C=O) groups is 1. The van der Waals surface area contributed by atoms with Crippen molar-refractivity contribution in [1.29, 1.82) is 5.26 Å². The van der Waals surface area contributed by atoms with Crippen LogP contribution in [0.5, 0.6) is 5.75 Å². The predicted octanol–water partition coefficient (Wildman–Crippen LogP) is 5.81. The van der Waals surface area contributed by atoms with Crippen molar-refractivity contribution in [1.82, 2.24) is 4.90 Å². The van der Waals surface area contributed by atoms with E-state index < -0.39 is 23.4 Å². The number of benzene rings is 2. The summed E-state index contributed by atoms with van der Waals surface area (Å²) in [5.74, 6) is -0.292. The third kappa shape index (κ3) is 6.74. The lowest BCUT2D eigenvalue weighted by atomic mass is 10.0. The lowest BCUT2D eigenvalue weighted by Crippen LogP contribution is -2.45. The number of alkyl halides is 3. The van der Waals surface area contributed by atoms with E-state index in [-0.39, 0.29) is 23.6 Å². The van der Waals surface area contributed by atoms with Crippen LogP contribution in [0.3, 0.4) is 0 Å². The number of nitrogens with zero attached hydrogens (tertiary/aromatic N) is 2. The first-order chi connectivity index (χ1) is 14.5. The van der Waals surface area contributed by atoms with Crippen LogP contribution in [-0.2, 0) is 17.5 Å². The molecule has 0 aliphatic heterocycles. The molecular weight excluding hydrogens is 405 g/mol. The summed E-state index contributed by atoms with van der Waals surface area (Å²) in [7, 11) is 0. The quantitative estimate of drug-likeness (QED) is 0.529. The molecule has 0 radical (unpaired) electrons. The van der Waals surface area contributed by atoms with E-state index in [1.54, 1.807) is 11.0 Å². The summed E-state index contributed by atoms with van der Waals surface area (Å²) in [6.45, 7) is 7.98. The van der Waals surface area contributed by atoms with Crippen molar-refractivity contribution in [3.8, 4) is 11.8 Å².